The van der Waals surface area contributed by atoms with Crippen molar-refractivity contribution in [2.75, 3.05) is 18.0 Å². The standard InChI is InChI=1S/C26H29IN4/c1-3-21-8-4-5-10-24(21)25-11-12-26(30-29-25)31-15-13-23(14-16-31)28-19(2)17-20-7-6-9-22(27)18-20/h4-12,18,23,28H,2-3,13-17H2,1H3. The fourth-order valence-electron chi connectivity index (χ4n) is 4.20. The summed E-state index contributed by atoms with van der Waals surface area (Å²) in [5.41, 5.74) is 5.84. The van der Waals surface area contributed by atoms with Crippen molar-refractivity contribution in [3.8, 4) is 11.3 Å². The van der Waals surface area contributed by atoms with Gasteiger partial charge in [0.2, 0.25) is 0 Å². The van der Waals surface area contributed by atoms with Gasteiger partial charge in [0.25, 0.3) is 0 Å². The van der Waals surface area contributed by atoms with Gasteiger partial charge in [-0.1, -0.05) is 49.9 Å². The van der Waals surface area contributed by atoms with E-state index < -0.39 is 0 Å². The van der Waals surface area contributed by atoms with E-state index in [1.165, 1.54) is 20.3 Å². The minimum atomic E-state index is 0.468. The smallest absolute Gasteiger partial charge is 0.151 e. The van der Waals surface area contributed by atoms with Crippen LogP contribution in [0, 0.1) is 3.57 Å². The summed E-state index contributed by atoms with van der Waals surface area (Å²) in [6.07, 6.45) is 4.03. The third kappa shape index (κ3) is 5.64. The molecule has 1 aliphatic heterocycles. The lowest BCUT2D eigenvalue weighted by atomic mass is 10.0. The van der Waals surface area contributed by atoms with E-state index in [-0.39, 0.29) is 0 Å². The Hall–Kier alpha value is -2.41. The van der Waals surface area contributed by atoms with Crippen molar-refractivity contribution in [2.45, 2.75) is 38.6 Å². The maximum Gasteiger partial charge on any atom is 0.151 e. The van der Waals surface area contributed by atoms with E-state index in [2.05, 4.69) is 117 Å². The molecule has 1 aliphatic rings. The molecule has 0 saturated carbocycles. The number of piperidine rings is 1. The molecule has 4 nitrogen and oxygen atoms in total. The lowest BCUT2D eigenvalue weighted by Gasteiger charge is -2.33. The predicted octanol–water partition coefficient (Wildman–Crippen LogP) is 5.63. The zero-order valence-electron chi connectivity index (χ0n) is 18.0. The minimum Gasteiger partial charge on any atom is -0.386 e. The van der Waals surface area contributed by atoms with Crippen molar-refractivity contribution >= 4 is 28.4 Å². The van der Waals surface area contributed by atoms with Crippen LogP contribution in [0.2, 0.25) is 0 Å². The van der Waals surface area contributed by atoms with E-state index in [1.807, 2.05) is 0 Å². The number of hydrogen-bond donors (Lipinski definition) is 1. The Labute approximate surface area is 198 Å². The van der Waals surface area contributed by atoms with Gasteiger partial charge < -0.3 is 10.2 Å². The number of hydrogen-bond acceptors (Lipinski definition) is 4. The Balaban J connectivity index is 1.31. The van der Waals surface area contributed by atoms with E-state index in [0.29, 0.717) is 6.04 Å². The summed E-state index contributed by atoms with van der Waals surface area (Å²) in [5, 5.41) is 12.7. The van der Waals surface area contributed by atoms with E-state index in [9.17, 15) is 0 Å². The lowest BCUT2D eigenvalue weighted by molar-refractivity contribution is 0.440. The number of nitrogens with zero attached hydrogens (tertiary/aromatic N) is 3. The molecule has 160 valence electrons. The number of aryl methyl sites for hydroxylation is 1. The van der Waals surface area contributed by atoms with Gasteiger partial charge in [-0.15, -0.1) is 10.2 Å². The van der Waals surface area contributed by atoms with Crippen LogP contribution in [0.5, 0.6) is 0 Å². The normalized spacial score (nSPS) is 14.5. The molecule has 2 heterocycles. The van der Waals surface area contributed by atoms with Gasteiger partial charge in [0.1, 0.15) is 0 Å². The number of aromatic nitrogens is 2. The van der Waals surface area contributed by atoms with Crippen LogP contribution in [0.3, 0.4) is 0 Å². The first-order valence-electron chi connectivity index (χ1n) is 11.0. The van der Waals surface area contributed by atoms with Crippen LogP contribution in [-0.4, -0.2) is 29.3 Å². The molecule has 5 heteroatoms. The van der Waals surface area contributed by atoms with Crippen molar-refractivity contribution in [2.24, 2.45) is 0 Å². The maximum absolute atomic E-state index is 4.54. The van der Waals surface area contributed by atoms with Crippen LogP contribution in [0.4, 0.5) is 5.82 Å². The summed E-state index contributed by atoms with van der Waals surface area (Å²) in [6.45, 7) is 8.39. The summed E-state index contributed by atoms with van der Waals surface area (Å²) < 4.78 is 1.27. The van der Waals surface area contributed by atoms with Crippen LogP contribution < -0.4 is 10.2 Å². The molecule has 0 bridgehead atoms. The quantitative estimate of drug-likeness (QED) is 0.407. The summed E-state index contributed by atoms with van der Waals surface area (Å²) in [4.78, 5) is 2.34. The third-order valence-electron chi connectivity index (χ3n) is 5.86. The highest BCUT2D eigenvalue weighted by Crippen LogP contribution is 2.24. The van der Waals surface area contributed by atoms with Gasteiger partial charge in [-0.25, -0.2) is 0 Å². The zero-order valence-corrected chi connectivity index (χ0v) is 20.2. The van der Waals surface area contributed by atoms with E-state index in [4.69, 9.17) is 0 Å². The van der Waals surface area contributed by atoms with Crippen molar-refractivity contribution in [1.82, 2.24) is 15.5 Å². The molecule has 0 amide bonds. The van der Waals surface area contributed by atoms with Crippen LogP contribution in [-0.2, 0) is 12.8 Å². The highest BCUT2D eigenvalue weighted by Gasteiger charge is 2.21. The fraction of sp³-hybridized carbons (Fsp3) is 0.308. The van der Waals surface area contributed by atoms with Crippen LogP contribution in [0.15, 0.2) is 72.9 Å². The van der Waals surface area contributed by atoms with Crippen molar-refractivity contribution < 1.29 is 0 Å². The van der Waals surface area contributed by atoms with Gasteiger partial charge in [0.05, 0.1) is 5.69 Å². The second kappa shape index (κ2) is 10.3. The molecule has 1 fully saturated rings. The van der Waals surface area contributed by atoms with Crippen LogP contribution in [0.25, 0.3) is 11.3 Å². The third-order valence-corrected chi connectivity index (χ3v) is 6.53. The van der Waals surface area contributed by atoms with Gasteiger partial charge in [0, 0.05) is 40.4 Å². The van der Waals surface area contributed by atoms with Gasteiger partial charge in [-0.05, 0) is 77.2 Å². The molecule has 2 aromatic carbocycles. The highest BCUT2D eigenvalue weighted by molar-refractivity contribution is 14.1. The average molecular weight is 524 g/mol. The molecular formula is C26H29IN4. The van der Waals surface area contributed by atoms with Gasteiger partial charge in [0.15, 0.2) is 5.82 Å². The summed E-state index contributed by atoms with van der Waals surface area (Å²) in [7, 11) is 0. The van der Waals surface area contributed by atoms with Crippen molar-refractivity contribution in [3.05, 3.63) is 87.6 Å². The number of benzene rings is 2. The fourth-order valence-corrected chi connectivity index (χ4v) is 4.81. The number of rotatable bonds is 7. The first kappa shape index (κ1) is 21.8. The summed E-state index contributed by atoms with van der Waals surface area (Å²) >= 11 is 2.36. The number of halogens is 1. The zero-order chi connectivity index (χ0) is 21.6. The van der Waals surface area contributed by atoms with Crippen molar-refractivity contribution in [3.63, 3.8) is 0 Å². The van der Waals surface area contributed by atoms with Crippen LogP contribution >= 0.6 is 22.6 Å². The van der Waals surface area contributed by atoms with Gasteiger partial charge >= 0.3 is 0 Å². The first-order valence-corrected chi connectivity index (χ1v) is 12.1. The summed E-state index contributed by atoms with van der Waals surface area (Å²) in [6, 6.07) is 21.7. The molecule has 4 rings (SSSR count). The summed E-state index contributed by atoms with van der Waals surface area (Å²) in [5.74, 6) is 0.967. The van der Waals surface area contributed by atoms with Crippen molar-refractivity contribution in [1.29, 1.82) is 0 Å². The van der Waals surface area contributed by atoms with E-state index in [0.717, 1.165) is 56.0 Å². The second-order valence-corrected chi connectivity index (χ2v) is 9.35. The van der Waals surface area contributed by atoms with E-state index >= 15 is 0 Å². The Morgan fingerprint density at radius 1 is 1.06 bits per heavy atom. The molecule has 0 radical (unpaired) electrons. The molecule has 0 spiro atoms. The Morgan fingerprint density at radius 2 is 1.87 bits per heavy atom. The minimum absolute atomic E-state index is 0.468. The molecule has 0 unspecified atom stereocenters. The molecule has 3 aromatic rings. The number of nitrogens with one attached hydrogen (secondary N) is 1. The lowest BCUT2D eigenvalue weighted by Crippen LogP contribution is -2.42. The Kier molecular flexibility index (Phi) is 7.22. The monoisotopic (exact) mass is 524 g/mol. The average Bonchev–Trinajstić information content (AvgIpc) is 2.79. The molecular weight excluding hydrogens is 495 g/mol. The number of anilines is 1. The highest BCUT2D eigenvalue weighted by atomic mass is 127. The maximum atomic E-state index is 4.54. The molecule has 0 atom stereocenters. The van der Waals surface area contributed by atoms with Crippen LogP contribution in [0.1, 0.15) is 30.9 Å². The second-order valence-electron chi connectivity index (χ2n) is 8.10. The largest absolute Gasteiger partial charge is 0.386 e. The Morgan fingerprint density at radius 3 is 2.58 bits per heavy atom. The number of allylic oxidation sites excluding steroid dienone is 1. The SMILES string of the molecule is C=C(Cc1cccc(I)c1)NC1CCN(c2ccc(-c3ccccc3CC)nn2)CC1. The molecule has 31 heavy (non-hydrogen) atoms. The van der Waals surface area contributed by atoms with Gasteiger partial charge in [-0.2, -0.15) is 0 Å². The molecule has 0 aliphatic carbocycles. The first-order chi connectivity index (χ1) is 15.1. The predicted molar refractivity (Wildman–Crippen MR) is 137 cm³/mol. The topological polar surface area (TPSA) is 41.0 Å². The molecule has 1 aromatic heterocycles. The molecule has 1 N–H and O–H groups in total. The van der Waals surface area contributed by atoms with E-state index in [1.54, 1.807) is 0 Å². The van der Waals surface area contributed by atoms with Gasteiger partial charge in [-0.3, -0.25) is 0 Å². The molecule has 1 saturated heterocycles. The Bertz CT molecular complexity index is 1020.